The van der Waals surface area contributed by atoms with Gasteiger partial charge < -0.3 is 4.74 Å². The van der Waals surface area contributed by atoms with E-state index in [1.807, 2.05) is 0 Å². The number of carbonyl (C=O) groups excluding carboxylic acids is 1. The summed E-state index contributed by atoms with van der Waals surface area (Å²) in [6, 6.07) is 0. The summed E-state index contributed by atoms with van der Waals surface area (Å²) in [5.41, 5.74) is 0. The molecule has 130 valence electrons. The van der Waals surface area contributed by atoms with Gasteiger partial charge in [0.25, 0.3) is 0 Å². The van der Waals surface area contributed by atoms with Crippen molar-refractivity contribution < 1.29 is 18.3 Å². The van der Waals surface area contributed by atoms with Crippen LogP contribution in [0.5, 0.6) is 0 Å². The first-order chi connectivity index (χ1) is 10.7. The van der Waals surface area contributed by atoms with E-state index in [9.17, 15) is 13.6 Å². The number of carbonyl (C=O) groups is 1. The lowest BCUT2D eigenvalue weighted by molar-refractivity contribution is -0.156. The molecular weight excluding hydrogens is 286 g/mol. The van der Waals surface area contributed by atoms with E-state index in [2.05, 4.69) is 23.8 Å². The van der Waals surface area contributed by atoms with Gasteiger partial charge in [-0.1, -0.05) is 70.4 Å². The quantitative estimate of drug-likeness (QED) is 0.209. The van der Waals surface area contributed by atoms with E-state index < -0.39 is 12.4 Å². The smallest absolute Gasteiger partial charge is 0.373 e. The maximum atomic E-state index is 11.8. The molecular formula is C18H32F2O2. The third-order valence-electron chi connectivity index (χ3n) is 3.58. The number of hydrogen-bond donors (Lipinski definition) is 0. The minimum atomic E-state index is -3.00. The van der Waals surface area contributed by atoms with Crippen molar-refractivity contribution in [2.45, 2.75) is 90.4 Å². The Kier molecular flexibility index (Phi) is 15.7. The Balaban J connectivity index is 3.11. The Morgan fingerprint density at radius 2 is 1.36 bits per heavy atom. The second-order valence-corrected chi connectivity index (χ2v) is 5.70. The standard InChI is InChI=1S/C18H32F2O2/c1-2-3-4-5-6-7-8-9-10-11-12-13-14-15-16-22-18(21)17(19)20/h5-6,17H,2-4,7-16H2,1H3/b6-5+. The van der Waals surface area contributed by atoms with Crippen LogP contribution in [0, 0.1) is 0 Å². The number of halogens is 2. The summed E-state index contributed by atoms with van der Waals surface area (Å²) in [4.78, 5) is 10.5. The normalized spacial score (nSPS) is 11.5. The first kappa shape index (κ1) is 21.1. The van der Waals surface area contributed by atoms with Crippen molar-refractivity contribution in [3.8, 4) is 0 Å². The van der Waals surface area contributed by atoms with Crippen LogP contribution in [0.4, 0.5) is 8.78 Å². The molecule has 0 aliphatic carbocycles. The van der Waals surface area contributed by atoms with E-state index in [1.165, 1.54) is 57.8 Å². The van der Waals surface area contributed by atoms with Crippen LogP contribution < -0.4 is 0 Å². The maximum Gasteiger partial charge on any atom is 0.373 e. The molecule has 0 heterocycles. The first-order valence-electron chi connectivity index (χ1n) is 8.78. The van der Waals surface area contributed by atoms with Crippen LogP contribution in [0.25, 0.3) is 0 Å². The van der Waals surface area contributed by atoms with E-state index in [0.717, 1.165) is 12.8 Å². The van der Waals surface area contributed by atoms with Gasteiger partial charge in [-0.3, -0.25) is 0 Å². The second kappa shape index (κ2) is 16.4. The van der Waals surface area contributed by atoms with Crippen LogP contribution in [0.15, 0.2) is 12.2 Å². The molecule has 0 aliphatic heterocycles. The van der Waals surface area contributed by atoms with Crippen molar-refractivity contribution >= 4 is 5.97 Å². The van der Waals surface area contributed by atoms with Crippen molar-refractivity contribution in [1.82, 2.24) is 0 Å². The molecule has 0 atom stereocenters. The molecule has 0 aromatic rings. The van der Waals surface area contributed by atoms with Gasteiger partial charge in [0.2, 0.25) is 0 Å². The largest absolute Gasteiger partial charge is 0.461 e. The number of hydrogen-bond acceptors (Lipinski definition) is 2. The molecule has 0 N–H and O–H groups in total. The van der Waals surface area contributed by atoms with Gasteiger partial charge in [0.05, 0.1) is 6.61 Å². The molecule has 0 spiro atoms. The highest BCUT2D eigenvalue weighted by atomic mass is 19.3. The first-order valence-corrected chi connectivity index (χ1v) is 8.78. The topological polar surface area (TPSA) is 26.3 Å². The van der Waals surface area contributed by atoms with Gasteiger partial charge in [-0.15, -0.1) is 0 Å². The fourth-order valence-corrected chi connectivity index (χ4v) is 2.22. The lowest BCUT2D eigenvalue weighted by atomic mass is 10.1. The van der Waals surface area contributed by atoms with Crippen molar-refractivity contribution in [3.63, 3.8) is 0 Å². The minimum absolute atomic E-state index is 0.119. The Morgan fingerprint density at radius 1 is 0.864 bits per heavy atom. The summed E-state index contributed by atoms with van der Waals surface area (Å²) in [6.07, 6.45) is 15.5. The minimum Gasteiger partial charge on any atom is -0.461 e. The van der Waals surface area contributed by atoms with Crippen molar-refractivity contribution in [2.75, 3.05) is 6.61 Å². The molecule has 0 rings (SSSR count). The molecule has 0 radical (unpaired) electrons. The molecule has 0 amide bonds. The van der Waals surface area contributed by atoms with Gasteiger partial charge in [0.15, 0.2) is 0 Å². The molecule has 0 unspecified atom stereocenters. The predicted octanol–water partition coefficient (Wildman–Crippen LogP) is 6.05. The highest BCUT2D eigenvalue weighted by Crippen LogP contribution is 2.10. The van der Waals surface area contributed by atoms with Gasteiger partial charge in [-0.2, -0.15) is 8.78 Å². The summed E-state index contributed by atoms with van der Waals surface area (Å²) in [5.74, 6) is -1.40. The zero-order valence-corrected chi connectivity index (χ0v) is 14.0. The number of alkyl halides is 2. The molecule has 0 fully saturated rings. The molecule has 2 nitrogen and oxygen atoms in total. The highest BCUT2D eigenvalue weighted by molar-refractivity contribution is 5.72. The van der Waals surface area contributed by atoms with Crippen molar-refractivity contribution in [2.24, 2.45) is 0 Å². The number of allylic oxidation sites excluding steroid dienone is 2. The Morgan fingerprint density at radius 3 is 1.91 bits per heavy atom. The van der Waals surface area contributed by atoms with E-state index in [-0.39, 0.29) is 6.61 Å². The molecule has 22 heavy (non-hydrogen) atoms. The van der Waals surface area contributed by atoms with Gasteiger partial charge in [0, 0.05) is 0 Å². The Labute approximate surface area is 134 Å². The Bertz CT molecular complexity index is 278. The number of ether oxygens (including phenoxy) is 1. The SMILES string of the molecule is CCCC/C=C/CCCCCCCCCCOC(=O)C(F)F. The second-order valence-electron chi connectivity index (χ2n) is 5.70. The average Bonchev–Trinajstić information content (AvgIpc) is 2.50. The monoisotopic (exact) mass is 318 g/mol. The lowest BCUT2D eigenvalue weighted by Crippen LogP contribution is -2.14. The van der Waals surface area contributed by atoms with Gasteiger partial charge >= 0.3 is 12.4 Å². The summed E-state index contributed by atoms with van der Waals surface area (Å²) in [6.45, 7) is 2.33. The molecule has 0 bridgehead atoms. The van der Waals surface area contributed by atoms with Crippen molar-refractivity contribution in [1.29, 1.82) is 0 Å². The van der Waals surface area contributed by atoms with Crippen LogP contribution in [-0.4, -0.2) is 19.0 Å². The van der Waals surface area contributed by atoms with Gasteiger partial charge in [-0.25, -0.2) is 4.79 Å². The van der Waals surface area contributed by atoms with Gasteiger partial charge in [-0.05, 0) is 25.7 Å². The fraction of sp³-hybridized carbons (Fsp3) is 0.833. The van der Waals surface area contributed by atoms with Crippen LogP contribution in [0.2, 0.25) is 0 Å². The lowest BCUT2D eigenvalue weighted by Gasteiger charge is -2.04. The van der Waals surface area contributed by atoms with E-state index in [1.54, 1.807) is 0 Å². The molecule has 0 aromatic carbocycles. The van der Waals surface area contributed by atoms with Crippen molar-refractivity contribution in [3.05, 3.63) is 12.2 Å². The van der Waals surface area contributed by atoms with Crippen LogP contribution >= 0.6 is 0 Å². The Hall–Kier alpha value is -0.930. The molecule has 0 aliphatic rings. The van der Waals surface area contributed by atoms with E-state index in [4.69, 9.17) is 0 Å². The van der Waals surface area contributed by atoms with Crippen LogP contribution in [0.3, 0.4) is 0 Å². The molecule has 4 heteroatoms. The zero-order valence-electron chi connectivity index (χ0n) is 14.0. The number of rotatable bonds is 15. The van der Waals surface area contributed by atoms with E-state index >= 15 is 0 Å². The average molecular weight is 318 g/mol. The third-order valence-corrected chi connectivity index (χ3v) is 3.58. The van der Waals surface area contributed by atoms with Crippen LogP contribution in [0.1, 0.15) is 84.0 Å². The van der Waals surface area contributed by atoms with Gasteiger partial charge in [0.1, 0.15) is 0 Å². The summed E-state index contributed by atoms with van der Waals surface area (Å²) < 4.78 is 28.1. The molecule has 0 saturated heterocycles. The predicted molar refractivity (Wildman–Crippen MR) is 87.2 cm³/mol. The zero-order chi connectivity index (χ0) is 16.5. The third kappa shape index (κ3) is 15.5. The maximum absolute atomic E-state index is 11.8. The molecule has 0 aromatic heterocycles. The summed E-state index contributed by atoms with van der Waals surface area (Å²) in [7, 11) is 0. The summed E-state index contributed by atoms with van der Waals surface area (Å²) >= 11 is 0. The summed E-state index contributed by atoms with van der Waals surface area (Å²) in [5, 5.41) is 0. The number of esters is 1. The molecule has 0 saturated carbocycles. The highest BCUT2D eigenvalue weighted by Gasteiger charge is 2.15. The van der Waals surface area contributed by atoms with E-state index in [0.29, 0.717) is 6.42 Å². The number of unbranched alkanes of at least 4 members (excludes halogenated alkanes) is 10. The van der Waals surface area contributed by atoms with Crippen LogP contribution in [-0.2, 0) is 9.53 Å². The fourth-order valence-electron chi connectivity index (χ4n) is 2.22.